The number of hydrogen-bond acceptors (Lipinski definition) is 1. The van der Waals surface area contributed by atoms with Crippen LogP contribution in [0.4, 0.5) is 0 Å². The van der Waals surface area contributed by atoms with Gasteiger partial charge in [-0.1, -0.05) is 121 Å². The Labute approximate surface area is 231 Å². The van der Waals surface area contributed by atoms with Crippen molar-refractivity contribution in [2.75, 3.05) is 33.2 Å². The summed E-state index contributed by atoms with van der Waals surface area (Å²) < 4.78 is 0.901. The summed E-state index contributed by atoms with van der Waals surface area (Å²) in [5, 5.41) is 0. The minimum absolute atomic E-state index is 0. The standard InChI is InChI=1S/C33H35N2O.BrH/c1-35(33(29-18-10-4-11-19-29)30-20-12-5-13-21-30)24-22-34(23-25-35)32(36)26-31(27-14-6-2-7-15-27)28-16-8-3-9-17-28;/h2-21,31,33H,22-26H2,1H3;1H/q+1;/p-1. The van der Waals surface area contributed by atoms with E-state index >= 15 is 0 Å². The summed E-state index contributed by atoms with van der Waals surface area (Å²) in [6.45, 7) is 3.42. The number of nitrogens with zero attached hydrogens (tertiary/aromatic N) is 2. The molecule has 0 bridgehead atoms. The summed E-state index contributed by atoms with van der Waals surface area (Å²) in [7, 11) is 2.35. The average molecular weight is 556 g/mol. The van der Waals surface area contributed by atoms with Gasteiger partial charge in [0, 0.05) is 23.5 Å². The van der Waals surface area contributed by atoms with Gasteiger partial charge in [0.05, 0.1) is 33.2 Å². The second kappa shape index (κ2) is 12.4. The molecule has 0 radical (unpaired) electrons. The summed E-state index contributed by atoms with van der Waals surface area (Å²) in [5.74, 6) is 0.319. The number of carbonyl (C=O) groups is 1. The number of hydrogen-bond donors (Lipinski definition) is 0. The first-order valence-electron chi connectivity index (χ1n) is 13.0. The molecule has 1 aliphatic rings. The van der Waals surface area contributed by atoms with E-state index in [0.717, 1.165) is 30.7 Å². The smallest absolute Gasteiger partial charge is 0.223 e. The highest BCUT2D eigenvalue weighted by Gasteiger charge is 2.39. The van der Waals surface area contributed by atoms with Gasteiger partial charge in [-0.15, -0.1) is 0 Å². The fraction of sp³-hybridized carbons (Fsp3) is 0.242. The highest BCUT2D eigenvalue weighted by atomic mass is 79.9. The van der Waals surface area contributed by atoms with E-state index in [0.29, 0.717) is 6.42 Å². The van der Waals surface area contributed by atoms with Crippen molar-refractivity contribution in [3.05, 3.63) is 144 Å². The van der Waals surface area contributed by atoms with Crippen LogP contribution in [0.5, 0.6) is 0 Å². The maximum atomic E-state index is 13.6. The highest BCUT2D eigenvalue weighted by molar-refractivity contribution is 5.78. The molecule has 4 aromatic rings. The number of amides is 1. The zero-order valence-corrected chi connectivity index (χ0v) is 23.0. The van der Waals surface area contributed by atoms with E-state index in [-0.39, 0.29) is 34.8 Å². The second-order valence-electron chi connectivity index (χ2n) is 10.1. The molecule has 37 heavy (non-hydrogen) atoms. The van der Waals surface area contributed by atoms with Crippen molar-refractivity contribution < 1.29 is 26.3 Å². The van der Waals surface area contributed by atoms with E-state index in [1.807, 2.05) is 12.1 Å². The van der Waals surface area contributed by atoms with Gasteiger partial charge in [-0.3, -0.25) is 4.79 Å². The molecule has 0 aliphatic carbocycles. The molecule has 1 aliphatic heterocycles. The maximum Gasteiger partial charge on any atom is 0.223 e. The lowest BCUT2D eigenvalue weighted by atomic mass is 9.88. The molecule has 190 valence electrons. The largest absolute Gasteiger partial charge is 1.00 e. The Morgan fingerprint density at radius 1 is 0.649 bits per heavy atom. The van der Waals surface area contributed by atoms with Crippen molar-refractivity contribution >= 4 is 5.91 Å². The van der Waals surface area contributed by atoms with E-state index in [9.17, 15) is 4.79 Å². The normalized spacial score (nSPS) is 14.8. The summed E-state index contributed by atoms with van der Waals surface area (Å²) in [5.41, 5.74) is 5.06. The van der Waals surface area contributed by atoms with E-state index in [4.69, 9.17) is 0 Å². The molecule has 0 saturated carbocycles. The first-order valence-corrected chi connectivity index (χ1v) is 13.0. The molecule has 4 heteroatoms. The van der Waals surface area contributed by atoms with Crippen LogP contribution in [0, 0.1) is 0 Å². The molecular weight excluding hydrogens is 520 g/mol. The Morgan fingerprint density at radius 2 is 1.00 bits per heavy atom. The van der Waals surface area contributed by atoms with Crippen LogP contribution in [-0.4, -0.2) is 48.5 Å². The molecular formula is C33H35BrN2O. The summed E-state index contributed by atoms with van der Waals surface area (Å²) in [6.07, 6.45) is 0.499. The quantitative estimate of drug-likeness (QED) is 0.321. The van der Waals surface area contributed by atoms with Gasteiger partial charge in [-0.25, -0.2) is 0 Å². The number of rotatable bonds is 7. The lowest BCUT2D eigenvalue weighted by Crippen LogP contribution is -3.00. The number of halogens is 1. The molecule has 1 fully saturated rings. The summed E-state index contributed by atoms with van der Waals surface area (Å²) in [6, 6.07) is 42.8. The number of piperazine rings is 1. The molecule has 1 amide bonds. The van der Waals surface area contributed by atoms with Crippen LogP contribution in [-0.2, 0) is 4.79 Å². The fourth-order valence-corrected chi connectivity index (χ4v) is 5.71. The van der Waals surface area contributed by atoms with E-state index < -0.39 is 0 Å². The molecule has 3 nitrogen and oxygen atoms in total. The first kappa shape index (κ1) is 26.8. The number of quaternary nitrogens is 1. The Kier molecular flexibility index (Phi) is 8.96. The lowest BCUT2D eigenvalue weighted by molar-refractivity contribution is -0.937. The van der Waals surface area contributed by atoms with Gasteiger partial charge < -0.3 is 26.4 Å². The zero-order chi connectivity index (χ0) is 24.8. The fourth-order valence-electron chi connectivity index (χ4n) is 5.71. The molecule has 0 spiro atoms. The first-order chi connectivity index (χ1) is 17.6. The van der Waals surface area contributed by atoms with Crippen molar-refractivity contribution in [1.82, 2.24) is 4.90 Å². The third-order valence-corrected chi connectivity index (χ3v) is 7.75. The van der Waals surface area contributed by atoms with Crippen LogP contribution in [0.25, 0.3) is 0 Å². The van der Waals surface area contributed by atoms with Gasteiger partial charge >= 0.3 is 0 Å². The molecule has 0 aromatic heterocycles. The minimum atomic E-state index is 0. The van der Waals surface area contributed by atoms with E-state index in [1.54, 1.807) is 0 Å². The van der Waals surface area contributed by atoms with Crippen LogP contribution < -0.4 is 17.0 Å². The Bertz CT molecular complexity index is 1160. The molecule has 1 saturated heterocycles. The predicted molar refractivity (Wildman–Crippen MR) is 147 cm³/mol. The Morgan fingerprint density at radius 3 is 1.38 bits per heavy atom. The van der Waals surface area contributed by atoms with Gasteiger partial charge in [0.25, 0.3) is 0 Å². The van der Waals surface area contributed by atoms with Crippen molar-refractivity contribution in [3.63, 3.8) is 0 Å². The maximum absolute atomic E-state index is 13.6. The van der Waals surface area contributed by atoms with Gasteiger partial charge in [0.2, 0.25) is 5.91 Å². The molecule has 1 heterocycles. The number of carbonyl (C=O) groups excluding carboxylic acids is 1. The lowest BCUT2D eigenvalue weighted by Gasteiger charge is -2.47. The topological polar surface area (TPSA) is 20.3 Å². The average Bonchev–Trinajstić information content (AvgIpc) is 2.94. The zero-order valence-electron chi connectivity index (χ0n) is 21.4. The second-order valence-corrected chi connectivity index (χ2v) is 10.1. The molecule has 5 rings (SSSR count). The summed E-state index contributed by atoms with van der Waals surface area (Å²) in [4.78, 5) is 15.7. The van der Waals surface area contributed by atoms with Crippen LogP contribution >= 0.6 is 0 Å². The molecule has 0 N–H and O–H groups in total. The third kappa shape index (κ3) is 6.20. The van der Waals surface area contributed by atoms with Crippen molar-refractivity contribution in [1.29, 1.82) is 0 Å². The van der Waals surface area contributed by atoms with Gasteiger partial charge in [0.15, 0.2) is 0 Å². The van der Waals surface area contributed by atoms with Crippen molar-refractivity contribution in [3.8, 4) is 0 Å². The van der Waals surface area contributed by atoms with Crippen LogP contribution in [0.3, 0.4) is 0 Å². The van der Waals surface area contributed by atoms with Gasteiger partial charge in [-0.2, -0.15) is 0 Å². The Balaban J connectivity index is 0.00000320. The Hall–Kier alpha value is -3.21. The molecule has 0 atom stereocenters. The third-order valence-electron chi connectivity index (χ3n) is 7.75. The van der Waals surface area contributed by atoms with Crippen molar-refractivity contribution in [2.24, 2.45) is 0 Å². The summed E-state index contributed by atoms with van der Waals surface area (Å²) >= 11 is 0. The van der Waals surface area contributed by atoms with Gasteiger partial charge in [-0.05, 0) is 11.1 Å². The van der Waals surface area contributed by atoms with E-state index in [2.05, 4.69) is 121 Å². The SMILES string of the molecule is C[N+]1(C(c2ccccc2)c2ccccc2)CCN(C(=O)CC(c2ccccc2)c2ccccc2)CC1.[Br-]. The predicted octanol–water partition coefficient (Wildman–Crippen LogP) is 3.29. The number of likely N-dealkylation sites (N-methyl/N-ethyl adjacent to an activating group) is 1. The molecule has 4 aromatic carbocycles. The van der Waals surface area contributed by atoms with E-state index in [1.165, 1.54) is 22.3 Å². The molecule has 0 unspecified atom stereocenters. The highest BCUT2D eigenvalue weighted by Crippen LogP contribution is 2.35. The minimum Gasteiger partial charge on any atom is -1.00 e. The number of benzene rings is 4. The van der Waals surface area contributed by atoms with Crippen LogP contribution in [0.1, 0.15) is 40.6 Å². The van der Waals surface area contributed by atoms with Crippen LogP contribution in [0.2, 0.25) is 0 Å². The van der Waals surface area contributed by atoms with Gasteiger partial charge in [0.1, 0.15) is 6.04 Å². The van der Waals surface area contributed by atoms with Crippen molar-refractivity contribution in [2.45, 2.75) is 18.4 Å². The monoisotopic (exact) mass is 554 g/mol. The van der Waals surface area contributed by atoms with Crippen LogP contribution in [0.15, 0.2) is 121 Å².